The predicted molar refractivity (Wildman–Crippen MR) is 120 cm³/mol. The summed E-state index contributed by atoms with van der Waals surface area (Å²) in [5.41, 5.74) is 1.30. The van der Waals surface area contributed by atoms with Crippen LogP contribution in [0.1, 0.15) is 31.4 Å². The first-order valence-electron chi connectivity index (χ1n) is 9.22. The van der Waals surface area contributed by atoms with E-state index in [1.807, 2.05) is 13.8 Å². The molecule has 0 aliphatic heterocycles. The van der Waals surface area contributed by atoms with Gasteiger partial charge in [-0.1, -0.05) is 65.5 Å². The lowest BCUT2D eigenvalue weighted by atomic mass is 10.1. The molecule has 156 valence electrons. The number of likely N-dealkylation sites (N-methyl/N-ethyl adjacent to an activating group) is 1. The van der Waals surface area contributed by atoms with Crippen LogP contribution >= 0.6 is 46.4 Å². The maximum absolute atomic E-state index is 13.2. The SMILES string of the molecule is CCNC(=O)[C@H](CC)N(Cc1c(Cl)cccc1Cl)C(=O)Cc1ccc(Cl)c(Cl)c1. The van der Waals surface area contributed by atoms with Gasteiger partial charge in [0.2, 0.25) is 11.8 Å². The van der Waals surface area contributed by atoms with E-state index in [4.69, 9.17) is 46.4 Å². The molecule has 4 nitrogen and oxygen atoms in total. The van der Waals surface area contributed by atoms with Gasteiger partial charge in [0.25, 0.3) is 0 Å². The molecule has 29 heavy (non-hydrogen) atoms. The number of amides is 2. The molecule has 2 rings (SSSR count). The third-order valence-corrected chi connectivity index (χ3v) is 5.91. The molecule has 0 heterocycles. The molecular formula is C21H22Cl4N2O2. The van der Waals surface area contributed by atoms with Gasteiger partial charge in [-0.05, 0) is 43.2 Å². The van der Waals surface area contributed by atoms with E-state index in [0.29, 0.717) is 44.2 Å². The lowest BCUT2D eigenvalue weighted by Gasteiger charge is -2.31. The second-order valence-electron chi connectivity index (χ2n) is 6.47. The first kappa shape index (κ1) is 23.8. The van der Waals surface area contributed by atoms with Gasteiger partial charge in [-0.2, -0.15) is 0 Å². The van der Waals surface area contributed by atoms with Crippen molar-refractivity contribution in [1.29, 1.82) is 0 Å². The standard InChI is InChI=1S/C21H22Cl4N2O2/c1-3-19(21(29)26-4-2)27(12-14-15(22)6-5-7-16(14)23)20(28)11-13-8-9-17(24)18(25)10-13/h5-10,19H,3-4,11-12H2,1-2H3,(H,26,29)/t19-/m0/s1. The normalized spacial score (nSPS) is 11.8. The number of nitrogens with one attached hydrogen (secondary N) is 1. The fraction of sp³-hybridized carbons (Fsp3) is 0.333. The Morgan fingerprint density at radius 3 is 2.17 bits per heavy atom. The number of carbonyl (C=O) groups excluding carboxylic acids is 2. The van der Waals surface area contributed by atoms with Crippen molar-refractivity contribution in [3.63, 3.8) is 0 Å². The van der Waals surface area contributed by atoms with Gasteiger partial charge in [-0.15, -0.1) is 0 Å². The monoisotopic (exact) mass is 474 g/mol. The molecule has 1 N–H and O–H groups in total. The van der Waals surface area contributed by atoms with Crippen molar-refractivity contribution in [2.75, 3.05) is 6.54 Å². The minimum Gasteiger partial charge on any atom is -0.355 e. The largest absolute Gasteiger partial charge is 0.355 e. The summed E-state index contributed by atoms with van der Waals surface area (Å²) >= 11 is 24.7. The highest BCUT2D eigenvalue weighted by Gasteiger charge is 2.29. The zero-order valence-electron chi connectivity index (χ0n) is 16.1. The Balaban J connectivity index is 2.37. The number of nitrogens with zero attached hydrogens (tertiary/aromatic N) is 1. The van der Waals surface area contributed by atoms with Crippen LogP contribution in [0.4, 0.5) is 0 Å². The molecule has 0 spiro atoms. The van der Waals surface area contributed by atoms with Gasteiger partial charge >= 0.3 is 0 Å². The van der Waals surface area contributed by atoms with Crippen LogP contribution in [-0.2, 0) is 22.6 Å². The molecule has 0 saturated carbocycles. The average Bonchev–Trinajstić information content (AvgIpc) is 2.67. The van der Waals surface area contributed by atoms with Gasteiger partial charge in [-0.3, -0.25) is 9.59 Å². The number of carbonyl (C=O) groups is 2. The van der Waals surface area contributed by atoms with Crippen molar-refractivity contribution >= 4 is 58.2 Å². The molecule has 2 aromatic rings. The van der Waals surface area contributed by atoms with E-state index in [2.05, 4.69) is 5.32 Å². The van der Waals surface area contributed by atoms with Crippen LogP contribution in [0.25, 0.3) is 0 Å². The van der Waals surface area contributed by atoms with Crippen LogP contribution in [-0.4, -0.2) is 29.3 Å². The quantitative estimate of drug-likeness (QED) is 0.525. The lowest BCUT2D eigenvalue weighted by Crippen LogP contribution is -2.49. The smallest absolute Gasteiger partial charge is 0.242 e. The fourth-order valence-electron chi connectivity index (χ4n) is 2.99. The Kier molecular flexibility index (Phi) is 9.09. The first-order valence-corrected chi connectivity index (χ1v) is 10.7. The third kappa shape index (κ3) is 6.26. The van der Waals surface area contributed by atoms with E-state index in [-0.39, 0.29) is 24.8 Å². The molecule has 0 fully saturated rings. The van der Waals surface area contributed by atoms with Crippen molar-refractivity contribution in [2.45, 2.75) is 39.3 Å². The second-order valence-corrected chi connectivity index (χ2v) is 8.09. The molecular weight excluding hydrogens is 454 g/mol. The number of rotatable bonds is 8. The summed E-state index contributed by atoms with van der Waals surface area (Å²) in [7, 11) is 0. The summed E-state index contributed by atoms with van der Waals surface area (Å²) in [5, 5.41) is 4.45. The van der Waals surface area contributed by atoms with E-state index in [9.17, 15) is 9.59 Å². The summed E-state index contributed by atoms with van der Waals surface area (Å²) < 4.78 is 0. The van der Waals surface area contributed by atoms with E-state index in [1.165, 1.54) is 4.90 Å². The van der Waals surface area contributed by atoms with Crippen molar-refractivity contribution in [2.24, 2.45) is 0 Å². The van der Waals surface area contributed by atoms with Gasteiger partial charge in [0, 0.05) is 28.7 Å². The van der Waals surface area contributed by atoms with Gasteiger partial charge in [0.1, 0.15) is 6.04 Å². The highest BCUT2D eigenvalue weighted by atomic mass is 35.5. The van der Waals surface area contributed by atoms with Gasteiger partial charge in [-0.25, -0.2) is 0 Å². The summed E-state index contributed by atoms with van der Waals surface area (Å²) in [6.45, 7) is 4.27. The topological polar surface area (TPSA) is 49.4 Å². The predicted octanol–water partition coefficient (Wildman–Crippen LogP) is 5.79. The fourth-order valence-corrected chi connectivity index (χ4v) is 3.83. The highest BCUT2D eigenvalue weighted by Crippen LogP contribution is 2.28. The van der Waals surface area contributed by atoms with Crippen LogP contribution in [0, 0.1) is 0 Å². The lowest BCUT2D eigenvalue weighted by molar-refractivity contribution is -0.140. The van der Waals surface area contributed by atoms with Crippen LogP contribution in [0.3, 0.4) is 0 Å². The number of hydrogen-bond donors (Lipinski definition) is 1. The summed E-state index contributed by atoms with van der Waals surface area (Å²) in [4.78, 5) is 27.4. The molecule has 0 radical (unpaired) electrons. The minimum atomic E-state index is -0.655. The first-order chi connectivity index (χ1) is 13.8. The van der Waals surface area contributed by atoms with Gasteiger partial charge in [0.05, 0.1) is 16.5 Å². The summed E-state index contributed by atoms with van der Waals surface area (Å²) in [6, 6.07) is 9.52. The maximum Gasteiger partial charge on any atom is 0.242 e. The molecule has 0 unspecified atom stereocenters. The van der Waals surface area contributed by atoms with Gasteiger partial charge < -0.3 is 10.2 Å². The Hall–Kier alpha value is -1.46. The zero-order valence-corrected chi connectivity index (χ0v) is 19.2. The molecule has 0 aromatic heterocycles. The second kappa shape index (κ2) is 11.1. The number of halogens is 4. The molecule has 0 aliphatic rings. The van der Waals surface area contributed by atoms with Crippen molar-refractivity contribution in [3.8, 4) is 0 Å². The Morgan fingerprint density at radius 1 is 0.966 bits per heavy atom. The Labute approximate surface area is 191 Å². The summed E-state index contributed by atoms with van der Waals surface area (Å²) in [6.07, 6.45) is 0.510. The molecule has 1 atom stereocenters. The van der Waals surface area contributed by atoms with E-state index in [0.717, 1.165) is 0 Å². The summed E-state index contributed by atoms with van der Waals surface area (Å²) in [5.74, 6) is -0.460. The van der Waals surface area contributed by atoms with Crippen molar-refractivity contribution in [1.82, 2.24) is 10.2 Å². The van der Waals surface area contributed by atoms with Crippen LogP contribution in [0.2, 0.25) is 20.1 Å². The van der Waals surface area contributed by atoms with Crippen molar-refractivity contribution < 1.29 is 9.59 Å². The van der Waals surface area contributed by atoms with E-state index < -0.39 is 6.04 Å². The molecule has 0 saturated heterocycles. The van der Waals surface area contributed by atoms with Crippen LogP contribution in [0.5, 0.6) is 0 Å². The Morgan fingerprint density at radius 2 is 1.62 bits per heavy atom. The molecule has 0 bridgehead atoms. The molecule has 0 aliphatic carbocycles. The number of hydrogen-bond acceptors (Lipinski definition) is 2. The van der Waals surface area contributed by atoms with Gasteiger partial charge in [0.15, 0.2) is 0 Å². The third-order valence-electron chi connectivity index (χ3n) is 4.47. The number of benzene rings is 2. The van der Waals surface area contributed by atoms with E-state index in [1.54, 1.807) is 36.4 Å². The molecule has 2 amide bonds. The molecule has 8 heteroatoms. The zero-order chi connectivity index (χ0) is 21.6. The minimum absolute atomic E-state index is 0.0644. The van der Waals surface area contributed by atoms with Crippen LogP contribution in [0.15, 0.2) is 36.4 Å². The van der Waals surface area contributed by atoms with Crippen LogP contribution < -0.4 is 5.32 Å². The Bertz CT molecular complexity index is 869. The molecule has 2 aromatic carbocycles. The highest BCUT2D eigenvalue weighted by molar-refractivity contribution is 6.42. The van der Waals surface area contributed by atoms with Crippen molar-refractivity contribution in [3.05, 3.63) is 67.6 Å². The average molecular weight is 476 g/mol. The van der Waals surface area contributed by atoms with E-state index >= 15 is 0 Å². The maximum atomic E-state index is 13.2.